The molecule has 2 rings (SSSR count). The number of amides is 1. The average molecular weight is 326 g/mol. The molecule has 1 aromatic rings. The highest BCUT2D eigenvalue weighted by Gasteiger charge is 2.28. The van der Waals surface area contributed by atoms with Crippen molar-refractivity contribution in [3.8, 4) is 0 Å². The highest BCUT2D eigenvalue weighted by Crippen LogP contribution is 2.22. The van der Waals surface area contributed by atoms with Crippen LogP contribution >= 0.6 is 0 Å². The van der Waals surface area contributed by atoms with E-state index >= 15 is 0 Å². The van der Waals surface area contributed by atoms with Gasteiger partial charge in [-0.15, -0.1) is 0 Å². The van der Waals surface area contributed by atoms with Gasteiger partial charge in [0.15, 0.2) is 0 Å². The molecule has 1 aliphatic rings. The van der Waals surface area contributed by atoms with Crippen molar-refractivity contribution in [1.29, 1.82) is 0 Å². The zero-order valence-corrected chi connectivity index (χ0v) is 13.7. The van der Waals surface area contributed by atoms with E-state index in [4.69, 9.17) is 10.5 Å². The number of nitrogens with zero attached hydrogens (tertiary/aromatic N) is 1. The number of ether oxygens (including phenoxy) is 1. The van der Waals surface area contributed by atoms with E-state index in [0.29, 0.717) is 25.3 Å². The summed E-state index contributed by atoms with van der Waals surface area (Å²) in [5, 5.41) is 0. The Morgan fingerprint density at radius 3 is 2.73 bits per heavy atom. The van der Waals surface area contributed by atoms with Crippen LogP contribution < -0.4 is 5.73 Å². The van der Waals surface area contributed by atoms with Crippen molar-refractivity contribution < 1.29 is 17.9 Å². The zero-order chi connectivity index (χ0) is 16.3. The van der Waals surface area contributed by atoms with E-state index in [9.17, 15) is 13.2 Å². The first kappa shape index (κ1) is 16.9. The number of carbonyl (C=O) groups excluding carboxylic acids is 1. The Kier molecular flexibility index (Phi) is 5.20. The Hall–Kier alpha value is -1.44. The molecule has 0 bridgehead atoms. The third-order valence-electron chi connectivity index (χ3n) is 3.90. The van der Waals surface area contributed by atoms with Gasteiger partial charge in [0.05, 0.1) is 11.0 Å². The second kappa shape index (κ2) is 6.76. The van der Waals surface area contributed by atoms with Crippen LogP contribution in [-0.4, -0.2) is 44.4 Å². The first-order valence-corrected chi connectivity index (χ1v) is 8.82. The van der Waals surface area contributed by atoms with Gasteiger partial charge in [-0.3, -0.25) is 4.79 Å². The number of rotatable bonds is 6. The summed E-state index contributed by atoms with van der Waals surface area (Å²) in [7, 11) is -3.67. The lowest BCUT2D eigenvalue weighted by Gasteiger charge is -2.23. The van der Waals surface area contributed by atoms with E-state index in [1.807, 2.05) is 0 Å². The minimum atomic E-state index is -3.67. The van der Waals surface area contributed by atoms with E-state index in [-0.39, 0.29) is 16.6 Å². The minimum absolute atomic E-state index is 0.0595. The highest BCUT2D eigenvalue weighted by molar-refractivity contribution is 7.89. The lowest BCUT2D eigenvalue weighted by molar-refractivity contribution is 0.0946. The molecule has 1 fully saturated rings. The zero-order valence-electron chi connectivity index (χ0n) is 12.9. The van der Waals surface area contributed by atoms with Crippen molar-refractivity contribution in [2.45, 2.75) is 37.7 Å². The Morgan fingerprint density at radius 1 is 1.45 bits per heavy atom. The van der Waals surface area contributed by atoms with Crippen molar-refractivity contribution in [2.24, 2.45) is 5.73 Å². The molecule has 0 aliphatic carbocycles. The molecular weight excluding hydrogens is 304 g/mol. The summed E-state index contributed by atoms with van der Waals surface area (Å²) in [5.74, 6) is -0.628. The number of benzene rings is 1. The molecule has 1 saturated heterocycles. The fourth-order valence-corrected chi connectivity index (χ4v) is 4.10. The maximum atomic E-state index is 12.8. The number of sulfonamides is 1. The summed E-state index contributed by atoms with van der Waals surface area (Å²) in [6, 6.07) is 4.47. The van der Waals surface area contributed by atoms with E-state index in [2.05, 4.69) is 0 Å². The molecule has 7 heteroatoms. The van der Waals surface area contributed by atoms with Crippen molar-refractivity contribution in [2.75, 3.05) is 19.7 Å². The van der Waals surface area contributed by atoms with E-state index in [1.54, 1.807) is 19.9 Å². The Labute approximate surface area is 131 Å². The molecule has 22 heavy (non-hydrogen) atoms. The van der Waals surface area contributed by atoms with Gasteiger partial charge in [-0.1, -0.05) is 13.0 Å². The van der Waals surface area contributed by atoms with E-state index < -0.39 is 15.9 Å². The van der Waals surface area contributed by atoms with Crippen LogP contribution in [0.3, 0.4) is 0 Å². The Morgan fingerprint density at radius 2 is 2.18 bits per heavy atom. The molecule has 0 spiro atoms. The largest absolute Gasteiger partial charge is 0.377 e. The van der Waals surface area contributed by atoms with Gasteiger partial charge < -0.3 is 10.5 Å². The van der Waals surface area contributed by atoms with Crippen LogP contribution in [0, 0.1) is 6.92 Å². The summed E-state index contributed by atoms with van der Waals surface area (Å²) >= 11 is 0. The Bertz CT molecular complexity index is 652. The van der Waals surface area contributed by atoms with Crippen LogP contribution in [0.4, 0.5) is 0 Å². The van der Waals surface area contributed by atoms with Crippen molar-refractivity contribution in [3.63, 3.8) is 0 Å². The molecule has 2 N–H and O–H groups in total. The van der Waals surface area contributed by atoms with Gasteiger partial charge in [0.2, 0.25) is 15.9 Å². The second-order valence-corrected chi connectivity index (χ2v) is 7.37. The van der Waals surface area contributed by atoms with E-state index in [0.717, 1.165) is 12.8 Å². The first-order chi connectivity index (χ1) is 10.4. The van der Waals surface area contributed by atoms with Gasteiger partial charge in [0.1, 0.15) is 0 Å². The lowest BCUT2D eigenvalue weighted by atomic mass is 10.1. The third-order valence-corrected chi connectivity index (χ3v) is 5.83. The monoisotopic (exact) mass is 326 g/mol. The van der Waals surface area contributed by atoms with Crippen LogP contribution in [-0.2, 0) is 14.8 Å². The molecule has 1 atom stereocenters. The van der Waals surface area contributed by atoms with Crippen LogP contribution in [0.1, 0.15) is 35.7 Å². The topological polar surface area (TPSA) is 89.7 Å². The molecule has 122 valence electrons. The van der Waals surface area contributed by atoms with Crippen LogP contribution in [0.5, 0.6) is 0 Å². The Balaban J connectivity index is 2.31. The number of hydrogen-bond acceptors (Lipinski definition) is 4. The number of carbonyl (C=O) groups is 1. The predicted molar refractivity (Wildman–Crippen MR) is 83.1 cm³/mol. The molecule has 1 unspecified atom stereocenters. The predicted octanol–water partition coefficient (Wildman–Crippen LogP) is 1.28. The van der Waals surface area contributed by atoms with Gasteiger partial charge in [0.25, 0.3) is 0 Å². The first-order valence-electron chi connectivity index (χ1n) is 7.38. The number of hydrogen-bond donors (Lipinski definition) is 1. The smallest absolute Gasteiger partial charge is 0.249 e. The number of primary amides is 1. The summed E-state index contributed by atoms with van der Waals surface area (Å²) in [6.45, 7) is 4.87. The molecule has 0 radical (unpaired) electrons. The molecule has 1 aromatic carbocycles. The standard InChI is InChI=1S/C15H22N2O4S/c1-3-17(10-12-5-4-8-21-12)22(19,20)13-7-6-11(2)14(9-13)15(16)18/h6-7,9,12H,3-5,8,10H2,1-2H3,(H2,16,18). The SMILES string of the molecule is CCN(CC1CCCO1)S(=O)(=O)c1ccc(C)c(C(N)=O)c1. The lowest BCUT2D eigenvalue weighted by Crippen LogP contribution is -2.37. The van der Waals surface area contributed by atoms with Crippen LogP contribution in [0.15, 0.2) is 23.1 Å². The average Bonchev–Trinajstić information content (AvgIpc) is 2.97. The third kappa shape index (κ3) is 3.48. The number of aryl methyl sites for hydroxylation is 1. The fourth-order valence-electron chi connectivity index (χ4n) is 2.59. The van der Waals surface area contributed by atoms with Gasteiger partial charge in [-0.05, 0) is 37.5 Å². The second-order valence-electron chi connectivity index (χ2n) is 5.43. The summed E-state index contributed by atoms with van der Waals surface area (Å²) in [6.07, 6.45) is 1.77. The van der Waals surface area contributed by atoms with Crippen LogP contribution in [0.2, 0.25) is 0 Å². The summed E-state index contributed by atoms with van der Waals surface area (Å²) in [5.41, 5.74) is 6.19. The minimum Gasteiger partial charge on any atom is -0.377 e. The normalized spacial score (nSPS) is 18.8. The van der Waals surface area contributed by atoms with Crippen molar-refractivity contribution in [3.05, 3.63) is 29.3 Å². The summed E-state index contributed by atoms with van der Waals surface area (Å²) in [4.78, 5) is 11.5. The maximum absolute atomic E-state index is 12.8. The molecule has 0 aromatic heterocycles. The van der Waals surface area contributed by atoms with Gasteiger partial charge in [-0.2, -0.15) is 4.31 Å². The number of likely N-dealkylation sites (N-methyl/N-ethyl adjacent to an activating group) is 1. The number of nitrogens with two attached hydrogens (primary N) is 1. The highest BCUT2D eigenvalue weighted by atomic mass is 32.2. The maximum Gasteiger partial charge on any atom is 0.249 e. The van der Waals surface area contributed by atoms with Crippen LogP contribution in [0.25, 0.3) is 0 Å². The molecule has 6 nitrogen and oxygen atoms in total. The fraction of sp³-hybridized carbons (Fsp3) is 0.533. The summed E-state index contributed by atoms with van der Waals surface area (Å²) < 4.78 is 32.4. The van der Waals surface area contributed by atoms with Gasteiger partial charge in [-0.25, -0.2) is 8.42 Å². The van der Waals surface area contributed by atoms with Gasteiger partial charge >= 0.3 is 0 Å². The quantitative estimate of drug-likeness (QED) is 0.853. The van der Waals surface area contributed by atoms with E-state index in [1.165, 1.54) is 16.4 Å². The molecular formula is C15H22N2O4S. The van der Waals surface area contributed by atoms with Crippen molar-refractivity contribution in [1.82, 2.24) is 4.31 Å². The molecule has 1 heterocycles. The van der Waals surface area contributed by atoms with Crippen molar-refractivity contribution >= 4 is 15.9 Å². The molecule has 1 aliphatic heterocycles. The molecule has 0 saturated carbocycles. The van der Waals surface area contributed by atoms with Gasteiger partial charge in [0, 0.05) is 25.3 Å². The molecule has 1 amide bonds.